The Balaban J connectivity index is 5.18. The van der Waals surface area contributed by atoms with Crippen molar-refractivity contribution < 1.29 is 80.2 Å². The molecule has 17 nitrogen and oxygen atoms in total. The van der Waals surface area contributed by atoms with Crippen molar-refractivity contribution in [2.45, 2.75) is 335 Å². The summed E-state index contributed by atoms with van der Waals surface area (Å²) in [7, 11) is -9.88. The lowest BCUT2D eigenvalue weighted by Gasteiger charge is -2.21. The lowest BCUT2D eigenvalue weighted by atomic mass is 10.0. The molecule has 0 aliphatic carbocycles. The quantitative estimate of drug-likeness (QED) is 0.0222. The number of ether oxygens (including phenoxy) is 4. The molecule has 5 atom stereocenters. The van der Waals surface area contributed by atoms with Gasteiger partial charge in [0.2, 0.25) is 0 Å². The highest BCUT2D eigenvalue weighted by molar-refractivity contribution is 7.47. The van der Waals surface area contributed by atoms with Crippen molar-refractivity contribution in [3.8, 4) is 0 Å². The predicted octanol–water partition coefficient (Wildman–Crippen LogP) is 17.4. The molecule has 0 aliphatic rings. The lowest BCUT2D eigenvalue weighted by Crippen LogP contribution is -2.30. The van der Waals surface area contributed by atoms with Gasteiger partial charge < -0.3 is 33.8 Å². The number of hydrogen-bond acceptors (Lipinski definition) is 15. The van der Waals surface area contributed by atoms with E-state index in [1.165, 1.54) is 128 Å². The third kappa shape index (κ3) is 57.2. The topological polar surface area (TPSA) is 237 Å². The maximum Gasteiger partial charge on any atom is 0.472 e. The molecule has 0 amide bonds. The molecule has 0 rings (SSSR count). The molecule has 486 valence electrons. The Kier molecular flexibility index (Phi) is 55.5. The fraction of sp³-hybridized carbons (Fsp3) is 0.937. The van der Waals surface area contributed by atoms with Crippen molar-refractivity contribution in [3.63, 3.8) is 0 Å². The second-order valence-electron chi connectivity index (χ2n) is 23.3. The van der Waals surface area contributed by atoms with Crippen LogP contribution in [0.25, 0.3) is 0 Å². The molecule has 0 saturated carbocycles. The number of phosphoric ester groups is 2. The standard InChI is InChI=1S/C63H122O17P2/c1-6-9-12-15-18-21-22-23-24-25-26-27-29-32-39-44-49-63(68)80-59(53-74-61(66)47-42-37-34-33-35-40-45-56(4)5)55-78-82(71,72)76-51-57(64)50-75-81(69,70)77-54-58(52-73-60(65)46-41-36-30-20-17-14-11-8-3)79-62(67)48-43-38-31-28-19-16-13-10-7-2/h56-59,64H,6-55H2,1-5H3,(H,69,70)(H,71,72)/t57-,58+,59+/m0/s1. The van der Waals surface area contributed by atoms with Crippen LogP contribution in [0, 0.1) is 5.92 Å². The molecule has 0 aromatic carbocycles. The van der Waals surface area contributed by atoms with E-state index in [2.05, 4.69) is 34.6 Å². The van der Waals surface area contributed by atoms with E-state index in [9.17, 15) is 43.2 Å². The summed E-state index contributed by atoms with van der Waals surface area (Å²) in [5, 5.41) is 10.5. The molecule has 0 spiro atoms. The summed E-state index contributed by atoms with van der Waals surface area (Å²) in [6, 6.07) is 0. The van der Waals surface area contributed by atoms with Crippen molar-refractivity contribution in [3.05, 3.63) is 0 Å². The number of hydrogen-bond donors (Lipinski definition) is 3. The predicted molar refractivity (Wildman–Crippen MR) is 326 cm³/mol. The van der Waals surface area contributed by atoms with E-state index in [1.807, 2.05) is 0 Å². The van der Waals surface area contributed by atoms with Crippen LogP contribution in [0.3, 0.4) is 0 Å². The van der Waals surface area contributed by atoms with Gasteiger partial charge in [-0.15, -0.1) is 0 Å². The summed E-state index contributed by atoms with van der Waals surface area (Å²) in [4.78, 5) is 72.0. The maximum atomic E-state index is 13.0. The van der Waals surface area contributed by atoms with Gasteiger partial charge in [0, 0.05) is 25.7 Å². The number of unbranched alkanes of at least 4 members (excludes halogenated alkanes) is 35. The van der Waals surface area contributed by atoms with Crippen LogP contribution in [0.5, 0.6) is 0 Å². The molecular formula is C63H122O17P2. The van der Waals surface area contributed by atoms with Crippen LogP contribution >= 0.6 is 15.6 Å². The number of carbonyl (C=O) groups excluding carboxylic acids is 4. The van der Waals surface area contributed by atoms with Gasteiger partial charge in [-0.05, 0) is 31.6 Å². The average molecular weight is 1210 g/mol. The maximum absolute atomic E-state index is 13.0. The van der Waals surface area contributed by atoms with Gasteiger partial charge >= 0.3 is 39.5 Å². The molecule has 0 aromatic rings. The van der Waals surface area contributed by atoms with Gasteiger partial charge in [0.25, 0.3) is 0 Å². The van der Waals surface area contributed by atoms with Gasteiger partial charge in [-0.2, -0.15) is 0 Å². The first kappa shape index (κ1) is 80.1. The molecule has 0 aliphatic heterocycles. The van der Waals surface area contributed by atoms with Crippen molar-refractivity contribution in [2.24, 2.45) is 5.92 Å². The van der Waals surface area contributed by atoms with Crippen molar-refractivity contribution in [1.82, 2.24) is 0 Å². The summed E-state index contributed by atoms with van der Waals surface area (Å²) in [5.41, 5.74) is 0. The SMILES string of the molecule is CCCCCCCCCCCCCCCCCCC(=O)O[C@H](COC(=O)CCCCCCCCC(C)C)COP(=O)(O)OC[C@@H](O)COP(=O)(O)OC[C@@H](COC(=O)CCCCCCCCCC)OC(=O)CCCCCCCCCCC. The number of carbonyl (C=O) groups is 4. The Bertz CT molecular complexity index is 1600. The minimum Gasteiger partial charge on any atom is -0.462 e. The molecule has 0 heterocycles. The van der Waals surface area contributed by atoms with E-state index in [0.29, 0.717) is 31.6 Å². The van der Waals surface area contributed by atoms with Gasteiger partial charge in [-0.3, -0.25) is 37.3 Å². The van der Waals surface area contributed by atoms with Crippen molar-refractivity contribution >= 4 is 39.5 Å². The van der Waals surface area contributed by atoms with E-state index in [-0.39, 0.29) is 25.7 Å². The first-order valence-corrected chi connectivity index (χ1v) is 36.1. The van der Waals surface area contributed by atoms with Crippen LogP contribution < -0.4 is 0 Å². The molecular weight excluding hydrogens is 1090 g/mol. The van der Waals surface area contributed by atoms with Gasteiger partial charge in [0.05, 0.1) is 26.4 Å². The molecule has 19 heteroatoms. The number of esters is 4. The molecule has 0 fully saturated rings. The van der Waals surface area contributed by atoms with E-state index < -0.39 is 97.5 Å². The van der Waals surface area contributed by atoms with Crippen LogP contribution in [0.4, 0.5) is 0 Å². The molecule has 2 unspecified atom stereocenters. The zero-order valence-corrected chi connectivity index (χ0v) is 54.4. The second-order valence-corrected chi connectivity index (χ2v) is 26.2. The van der Waals surface area contributed by atoms with E-state index in [4.69, 9.17) is 37.0 Å². The number of aliphatic hydroxyl groups excluding tert-OH is 1. The zero-order valence-electron chi connectivity index (χ0n) is 52.6. The largest absolute Gasteiger partial charge is 0.472 e. The smallest absolute Gasteiger partial charge is 0.462 e. The van der Waals surface area contributed by atoms with E-state index >= 15 is 0 Å². The summed E-state index contributed by atoms with van der Waals surface area (Å²) < 4.78 is 67.8. The van der Waals surface area contributed by atoms with Crippen LogP contribution in [-0.4, -0.2) is 96.7 Å². The lowest BCUT2D eigenvalue weighted by molar-refractivity contribution is -0.161. The molecule has 0 bridgehead atoms. The minimum atomic E-state index is -4.94. The minimum absolute atomic E-state index is 0.105. The van der Waals surface area contributed by atoms with E-state index in [1.54, 1.807) is 0 Å². The van der Waals surface area contributed by atoms with Crippen LogP contribution in [0.1, 0.15) is 317 Å². The second kappa shape index (κ2) is 56.8. The first-order valence-electron chi connectivity index (χ1n) is 33.1. The van der Waals surface area contributed by atoms with Crippen LogP contribution in [-0.2, 0) is 65.4 Å². The summed E-state index contributed by atoms with van der Waals surface area (Å²) in [5.74, 6) is -1.46. The third-order valence-electron chi connectivity index (χ3n) is 14.5. The Morgan fingerprint density at radius 2 is 0.561 bits per heavy atom. The Hall–Kier alpha value is -1.94. The highest BCUT2D eigenvalue weighted by atomic mass is 31.2. The third-order valence-corrected chi connectivity index (χ3v) is 16.4. The molecule has 0 saturated heterocycles. The highest BCUT2D eigenvalue weighted by Gasteiger charge is 2.30. The van der Waals surface area contributed by atoms with Crippen LogP contribution in [0.2, 0.25) is 0 Å². The molecule has 0 aromatic heterocycles. The first-order chi connectivity index (χ1) is 39.5. The number of phosphoric acid groups is 2. The summed E-state index contributed by atoms with van der Waals surface area (Å²) in [6.07, 6.45) is 40.5. The fourth-order valence-electron chi connectivity index (χ4n) is 9.41. The van der Waals surface area contributed by atoms with Gasteiger partial charge in [-0.1, -0.05) is 266 Å². The fourth-order valence-corrected chi connectivity index (χ4v) is 11.0. The van der Waals surface area contributed by atoms with Gasteiger partial charge in [-0.25, -0.2) is 9.13 Å². The highest BCUT2D eigenvalue weighted by Crippen LogP contribution is 2.45. The van der Waals surface area contributed by atoms with Gasteiger partial charge in [0.1, 0.15) is 19.3 Å². The number of rotatable bonds is 63. The number of aliphatic hydroxyl groups is 1. The zero-order chi connectivity index (χ0) is 60.6. The van der Waals surface area contributed by atoms with E-state index in [0.717, 1.165) is 103 Å². The van der Waals surface area contributed by atoms with Gasteiger partial charge in [0.15, 0.2) is 12.2 Å². The summed E-state index contributed by atoms with van der Waals surface area (Å²) in [6.45, 7) is 7.07. The Morgan fingerprint density at radius 3 is 0.829 bits per heavy atom. The Labute approximate surface area is 498 Å². The monoisotopic (exact) mass is 1210 g/mol. The average Bonchev–Trinajstić information content (AvgIpc) is 3.45. The van der Waals surface area contributed by atoms with Crippen molar-refractivity contribution in [2.75, 3.05) is 39.6 Å². The molecule has 82 heavy (non-hydrogen) atoms. The normalized spacial score (nSPS) is 14.3. The summed E-state index contributed by atoms with van der Waals surface area (Å²) >= 11 is 0. The van der Waals surface area contributed by atoms with Crippen molar-refractivity contribution in [1.29, 1.82) is 0 Å². The van der Waals surface area contributed by atoms with Crippen LogP contribution in [0.15, 0.2) is 0 Å². The molecule has 3 N–H and O–H groups in total. The Morgan fingerprint density at radius 1 is 0.329 bits per heavy atom. The molecule has 0 radical (unpaired) electrons.